The van der Waals surface area contributed by atoms with E-state index in [0.717, 1.165) is 23.5 Å². The summed E-state index contributed by atoms with van der Waals surface area (Å²) in [5.74, 6) is 3.48. The number of aryl methyl sites for hydroxylation is 1. The van der Waals surface area contributed by atoms with Crippen LogP contribution in [-0.4, -0.2) is 13.2 Å². The third-order valence-corrected chi connectivity index (χ3v) is 7.01. The first-order valence-corrected chi connectivity index (χ1v) is 8.56. The highest BCUT2D eigenvalue weighted by molar-refractivity contribution is 5.40. The third kappa shape index (κ3) is 1.88. The van der Waals surface area contributed by atoms with Gasteiger partial charge in [0.05, 0.1) is 7.11 Å². The topological polar surface area (TPSA) is 35.2 Å². The zero-order valence-corrected chi connectivity index (χ0v) is 13.3. The van der Waals surface area contributed by atoms with E-state index in [0.29, 0.717) is 11.5 Å². The minimum Gasteiger partial charge on any atom is -0.497 e. The maximum absolute atomic E-state index is 6.46. The molecule has 2 fully saturated rings. The van der Waals surface area contributed by atoms with Gasteiger partial charge in [0.25, 0.3) is 0 Å². The Bertz CT molecular complexity index is 554. The van der Waals surface area contributed by atoms with Gasteiger partial charge >= 0.3 is 0 Å². The smallest absolute Gasteiger partial charge is 0.119 e. The molecule has 3 aliphatic carbocycles. The molecule has 1 aromatic carbocycles. The number of benzene rings is 1. The molecule has 0 bridgehead atoms. The van der Waals surface area contributed by atoms with Crippen molar-refractivity contribution >= 4 is 0 Å². The van der Waals surface area contributed by atoms with Gasteiger partial charge in [-0.15, -0.1) is 0 Å². The molecule has 1 unspecified atom stereocenters. The first-order valence-electron chi connectivity index (χ1n) is 8.56. The largest absolute Gasteiger partial charge is 0.497 e. The molecule has 0 aliphatic heterocycles. The maximum atomic E-state index is 6.46. The molecule has 0 saturated heterocycles. The monoisotopic (exact) mass is 285 g/mol. The minimum absolute atomic E-state index is 0.408. The van der Waals surface area contributed by atoms with E-state index in [1.54, 1.807) is 12.7 Å². The van der Waals surface area contributed by atoms with Crippen molar-refractivity contribution in [1.82, 2.24) is 0 Å². The Labute approximate surface area is 128 Å². The van der Waals surface area contributed by atoms with E-state index in [9.17, 15) is 0 Å². The molecule has 0 amide bonds. The highest BCUT2D eigenvalue weighted by atomic mass is 16.5. The summed E-state index contributed by atoms with van der Waals surface area (Å²) < 4.78 is 5.40. The minimum atomic E-state index is 0.408. The quantitative estimate of drug-likeness (QED) is 0.850. The molecule has 21 heavy (non-hydrogen) atoms. The molecule has 114 valence electrons. The molecule has 2 saturated carbocycles. The van der Waals surface area contributed by atoms with Gasteiger partial charge in [-0.25, -0.2) is 0 Å². The molecular weight excluding hydrogens is 258 g/mol. The summed E-state index contributed by atoms with van der Waals surface area (Å²) in [4.78, 5) is 0. The second kappa shape index (κ2) is 4.74. The highest BCUT2D eigenvalue weighted by Crippen LogP contribution is 2.60. The molecule has 4 rings (SSSR count). The van der Waals surface area contributed by atoms with Crippen LogP contribution in [0.2, 0.25) is 0 Å². The Morgan fingerprint density at radius 3 is 2.86 bits per heavy atom. The van der Waals surface area contributed by atoms with Gasteiger partial charge in [0.15, 0.2) is 0 Å². The zero-order chi connectivity index (χ0) is 14.6. The number of ether oxygens (including phenoxy) is 1. The summed E-state index contributed by atoms with van der Waals surface area (Å²) >= 11 is 0. The van der Waals surface area contributed by atoms with Crippen LogP contribution in [0, 0.1) is 17.3 Å². The zero-order valence-electron chi connectivity index (χ0n) is 13.3. The molecular formula is C19H27NO. The van der Waals surface area contributed by atoms with Gasteiger partial charge in [-0.05, 0) is 85.0 Å². The van der Waals surface area contributed by atoms with E-state index in [4.69, 9.17) is 10.5 Å². The molecule has 2 nitrogen and oxygen atoms in total. The lowest BCUT2D eigenvalue weighted by Gasteiger charge is -2.50. The van der Waals surface area contributed by atoms with Crippen LogP contribution in [-0.2, 0) is 6.42 Å². The van der Waals surface area contributed by atoms with Gasteiger partial charge in [-0.2, -0.15) is 0 Å². The Balaban J connectivity index is 1.68. The van der Waals surface area contributed by atoms with Crippen LogP contribution in [0.1, 0.15) is 56.1 Å². The maximum Gasteiger partial charge on any atom is 0.119 e. The molecule has 2 heteroatoms. The molecule has 3 aliphatic rings. The molecule has 2 N–H and O–H groups in total. The van der Waals surface area contributed by atoms with Crippen molar-refractivity contribution in [3.63, 3.8) is 0 Å². The van der Waals surface area contributed by atoms with E-state index in [1.807, 2.05) is 0 Å². The normalized spacial score (nSPS) is 41.1. The standard InChI is InChI=1S/C19H27NO/c1-19-10-9-15-14-6-4-13(21-2)11-12(14)3-5-16(15)17(19)7-8-18(19)20/h4,6,11,15-18H,3,5,7-10,20H2,1-2H3/t15-,16-,17+,18?,19+/m1/s1. The van der Waals surface area contributed by atoms with Gasteiger partial charge in [0, 0.05) is 6.04 Å². The Morgan fingerprint density at radius 2 is 2.05 bits per heavy atom. The lowest BCUT2D eigenvalue weighted by molar-refractivity contribution is 0.0496. The van der Waals surface area contributed by atoms with Crippen molar-refractivity contribution in [3.8, 4) is 5.75 Å². The van der Waals surface area contributed by atoms with E-state index < -0.39 is 0 Å². The Kier molecular flexibility index (Phi) is 3.08. The summed E-state index contributed by atoms with van der Waals surface area (Å²) in [5.41, 5.74) is 10.0. The molecule has 0 spiro atoms. The summed E-state index contributed by atoms with van der Waals surface area (Å²) in [6.45, 7) is 2.47. The number of hydrogen-bond donors (Lipinski definition) is 1. The van der Waals surface area contributed by atoms with Crippen molar-refractivity contribution in [2.75, 3.05) is 7.11 Å². The highest BCUT2D eigenvalue weighted by Gasteiger charge is 2.53. The molecule has 0 radical (unpaired) electrons. The average Bonchev–Trinajstić information content (AvgIpc) is 2.82. The van der Waals surface area contributed by atoms with Gasteiger partial charge in [-0.1, -0.05) is 13.0 Å². The Morgan fingerprint density at radius 1 is 1.19 bits per heavy atom. The molecule has 0 aromatic heterocycles. The van der Waals surface area contributed by atoms with Crippen LogP contribution in [0.3, 0.4) is 0 Å². The summed E-state index contributed by atoms with van der Waals surface area (Å²) in [6.07, 6.45) is 7.79. The lowest BCUT2D eigenvalue weighted by Crippen LogP contribution is -2.46. The van der Waals surface area contributed by atoms with Gasteiger partial charge in [-0.3, -0.25) is 0 Å². The van der Waals surface area contributed by atoms with Gasteiger partial charge in [0.1, 0.15) is 5.75 Å². The first kappa shape index (κ1) is 13.6. The number of nitrogens with two attached hydrogens (primary N) is 1. The van der Waals surface area contributed by atoms with Crippen molar-refractivity contribution in [1.29, 1.82) is 0 Å². The molecule has 0 heterocycles. The second-order valence-corrected chi connectivity index (χ2v) is 7.71. The average molecular weight is 285 g/mol. The van der Waals surface area contributed by atoms with Crippen LogP contribution in [0.5, 0.6) is 5.75 Å². The second-order valence-electron chi connectivity index (χ2n) is 7.71. The van der Waals surface area contributed by atoms with Gasteiger partial charge in [0.2, 0.25) is 0 Å². The van der Waals surface area contributed by atoms with Crippen molar-refractivity contribution < 1.29 is 4.74 Å². The predicted octanol–water partition coefficient (Wildman–Crippen LogP) is 3.88. The van der Waals surface area contributed by atoms with E-state index >= 15 is 0 Å². The van der Waals surface area contributed by atoms with Crippen LogP contribution in [0.15, 0.2) is 18.2 Å². The van der Waals surface area contributed by atoms with Crippen LogP contribution < -0.4 is 10.5 Å². The fraction of sp³-hybridized carbons (Fsp3) is 0.684. The summed E-state index contributed by atoms with van der Waals surface area (Å²) in [6, 6.07) is 7.18. The van der Waals surface area contributed by atoms with Crippen LogP contribution >= 0.6 is 0 Å². The summed E-state index contributed by atoms with van der Waals surface area (Å²) in [5, 5.41) is 0. The van der Waals surface area contributed by atoms with Crippen molar-refractivity contribution in [3.05, 3.63) is 29.3 Å². The fourth-order valence-corrected chi connectivity index (χ4v) is 5.73. The number of rotatable bonds is 1. The van der Waals surface area contributed by atoms with Crippen LogP contribution in [0.4, 0.5) is 0 Å². The van der Waals surface area contributed by atoms with Crippen molar-refractivity contribution in [2.45, 2.75) is 57.4 Å². The number of methoxy groups -OCH3 is 1. The predicted molar refractivity (Wildman–Crippen MR) is 85.6 cm³/mol. The molecule has 5 atom stereocenters. The Hall–Kier alpha value is -1.02. The SMILES string of the molecule is COc1ccc2c(c1)CC[C@@H]1[C@@H]2CC[C@]2(C)C(N)CC[C@@H]12. The number of hydrogen-bond acceptors (Lipinski definition) is 2. The van der Waals surface area contributed by atoms with Gasteiger partial charge < -0.3 is 10.5 Å². The van der Waals surface area contributed by atoms with Crippen LogP contribution in [0.25, 0.3) is 0 Å². The number of fused-ring (bicyclic) bond motifs is 5. The first-order chi connectivity index (χ1) is 10.1. The fourth-order valence-electron chi connectivity index (χ4n) is 5.73. The third-order valence-electron chi connectivity index (χ3n) is 7.01. The summed E-state index contributed by atoms with van der Waals surface area (Å²) in [7, 11) is 1.76. The molecule has 1 aromatic rings. The van der Waals surface area contributed by atoms with Crippen molar-refractivity contribution in [2.24, 2.45) is 23.0 Å². The van der Waals surface area contributed by atoms with E-state index in [-0.39, 0.29) is 0 Å². The lowest BCUT2D eigenvalue weighted by atomic mass is 9.55. The van der Waals surface area contributed by atoms with E-state index in [1.165, 1.54) is 44.1 Å². The van der Waals surface area contributed by atoms with E-state index in [2.05, 4.69) is 25.1 Å².